The van der Waals surface area contributed by atoms with Crippen LogP contribution in [0.1, 0.15) is 5.56 Å². The van der Waals surface area contributed by atoms with Gasteiger partial charge in [0.2, 0.25) is 0 Å². The summed E-state index contributed by atoms with van der Waals surface area (Å²) in [5.74, 6) is -0.452. The first-order chi connectivity index (χ1) is 6.72. The minimum atomic E-state index is -1.21. The van der Waals surface area contributed by atoms with E-state index in [2.05, 4.69) is 0 Å². The summed E-state index contributed by atoms with van der Waals surface area (Å²) in [7, 11) is 1.58. The molecular formula is C10H11O4. The van der Waals surface area contributed by atoms with Crippen LogP contribution in [-0.4, -0.2) is 19.7 Å². The standard InChI is InChI=1S/C10H11O4/c1-13-9-4-2-8(3-5-9)6-14-7-10(11)12/h2-5H,6-7H2,1H3. The van der Waals surface area contributed by atoms with E-state index in [0.29, 0.717) is 0 Å². The van der Waals surface area contributed by atoms with Crippen molar-refractivity contribution in [2.75, 3.05) is 13.7 Å². The normalized spacial score (nSPS) is 9.79. The van der Waals surface area contributed by atoms with E-state index in [1.165, 1.54) is 0 Å². The van der Waals surface area contributed by atoms with Crippen LogP contribution in [0.15, 0.2) is 24.3 Å². The molecule has 0 aliphatic rings. The topological polar surface area (TPSA) is 55.4 Å². The summed E-state index contributed by atoms with van der Waals surface area (Å²) in [6, 6.07) is 7.21. The molecule has 0 fully saturated rings. The van der Waals surface area contributed by atoms with Crippen LogP contribution in [-0.2, 0) is 21.2 Å². The maximum absolute atomic E-state index is 10.0. The van der Waals surface area contributed by atoms with Gasteiger partial charge in [-0.2, -0.15) is 0 Å². The summed E-state index contributed by atoms with van der Waals surface area (Å²) in [5, 5.41) is 10.0. The van der Waals surface area contributed by atoms with Crippen LogP contribution in [0.3, 0.4) is 0 Å². The van der Waals surface area contributed by atoms with Gasteiger partial charge in [-0.15, -0.1) is 0 Å². The SMILES string of the molecule is COc1ccc(COCC([O])=O)cc1. The third-order valence-corrected chi connectivity index (χ3v) is 1.65. The van der Waals surface area contributed by atoms with Gasteiger partial charge in [-0.05, 0) is 17.7 Å². The number of carbonyl (C=O) groups is 1. The Morgan fingerprint density at radius 3 is 2.43 bits per heavy atom. The van der Waals surface area contributed by atoms with E-state index in [0.717, 1.165) is 11.3 Å². The largest absolute Gasteiger partial charge is 0.497 e. The Balaban J connectivity index is 2.40. The second-order valence-electron chi connectivity index (χ2n) is 2.71. The van der Waals surface area contributed by atoms with Crippen molar-refractivity contribution in [3.63, 3.8) is 0 Å². The van der Waals surface area contributed by atoms with E-state index in [4.69, 9.17) is 9.47 Å². The van der Waals surface area contributed by atoms with Gasteiger partial charge in [0.1, 0.15) is 12.4 Å². The van der Waals surface area contributed by atoms with Crippen LogP contribution in [0.2, 0.25) is 0 Å². The number of ether oxygens (including phenoxy) is 2. The minimum Gasteiger partial charge on any atom is -0.497 e. The average Bonchev–Trinajstić information content (AvgIpc) is 2.18. The highest BCUT2D eigenvalue weighted by Gasteiger charge is 1.99. The molecule has 1 aromatic carbocycles. The van der Waals surface area contributed by atoms with E-state index in [1.807, 2.05) is 12.1 Å². The summed E-state index contributed by atoms with van der Waals surface area (Å²) < 4.78 is 9.82. The van der Waals surface area contributed by atoms with E-state index in [-0.39, 0.29) is 13.2 Å². The molecule has 0 saturated carbocycles. The van der Waals surface area contributed by atoms with Gasteiger partial charge >= 0.3 is 5.97 Å². The highest BCUT2D eigenvalue weighted by Crippen LogP contribution is 2.11. The summed E-state index contributed by atoms with van der Waals surface area (Å²) in [4.78, 5) is 10.0. The fourth-order valence-electron chi connectivity index (χ4n) is 0.974. The zero-order valence-corrected chi connectivity index (χ0v) is 7.86. The molecule has 0 aliphatic heterocycles. The number of rotatable bonds is 5. The van der Waals surface area contributed by atoms with E-state index >= 15 is 0 Å². The number of hydrogen-bond acceptors (Lipinski definition) is 3. The van der Waals surface area contributed by atoms with E-state index in [9.17, 15) is 9.90 Å². The number of benzene rings is 1. The van der Waals surface area contributed by atoms with Crippen molar-refractivity contribution >= 4 is 5.97 Å². The Kier molecular flexibility index (Phi) is 3.94. The first-order valence-corrected chi connectivity index (χ1v) is 4.13. The molecule has 0 heterocycles. The Hall–Kier alpha value is -1.55. The van der Waals surface area contributed by atoms with Crippen LogP contribution in [0.25, 0.3) is 0 Å². The first-order valence-electron chi connectivity index (χ1n) is 4.13. The Morgan fingerprint density at radius 1 is 1.29 bits per heavy atom. The number of methoxy groups -OCH3 is 1. The van der Waals surface area contributed by atoms with Gasteiger partial charge in [-0.25, -0.2) is 9.90 Å². The summed E-state index contributed by atoms with van der Waals surface area (Å²) >= 11 is 0. The van der Waals surface area contributed by atoms with Gasteiger partial charge in [0.05, 0.1) is 13.7 Å². The van der Waals surface area contributed by atoms with Gasteiger partial charge in [-0.3, -0.25) is 0 Å². The highest BCUT2D eigenvalue weighted by atomic mass is 16.5. The molecule has 0 unspecified atom stereocenters. The minimum absolute atomic E-state index is 0.262. The average molecular weight is 195 g/mol. The van der Waals surface area contributed by atoms with Crippen LogP contribution in [0, 0.1) is 0 Å². The van der Waals surface area contributed by atoms with Gasteiger partial charge in [0, 0.05) is 0 Å². The molecule has 0 aliphatic carbocycles. The second-order valence-corrected chi connectivity index (χ2v) is 2.71. The lowest BCUT2D eigenvalue weighted by Gasteiger charge is -2.02. The fraction of sp³-hybridized carbons (Fsp3) is 0.300. The van der Waals surface area contributed by atoms with Crippen molar-refractivity contribution in [1.29, 1.82) is 0 Å². The smallest absolute Gasteiger partial charge is 0.380 e. The lowest BCUT2D eigenvalue weighted by molar-refractivity contribution is -0.148. The number of hydrogen-bond donors (Lipinski definition) is 0. The molecule has 1 aromatic rings. The quantitative estimate of drug-likeness (QED) is 0.708. The molecule has 4 heteroatoms. The fourth-order valence-corrected chi connectivity index (χ4v) is 0.974. The van der Waals surface area contributed by atoms with Gasteiger partial charge in [-0.1, -0.05) is 12.1 Å². The van der Waals surface area contributed by atoms with Crippen molar-refractivity contribution in [2.45, 2.75) is 6.61 Å². The highest BCUT2D eigenvalue weighted by molar-refractivity contribution is 5.67. The van der Waals surface area contributed by atoms with Crippen molar-refractivity contribution in [3.8, 4) is 5.75 Å². The monoisotopic (exact) mass is 195 g/mol. The van der Waals surface area contributed by atoms with E-state index < -0.39 is 5.97 Å². The summed E-state index contributed by atoms with van der Waals surface area (Å²) in [5.41, 5.74) is 0.895. The molecule has 0 bridgehead atoms. The maximum atomic E-state index is 10.0. The van der Waals surface area contributed by atoms with Crippen LogP contribution in [0.5, 0.6) is 5.75 Å². The summed E-state index contributed by atoms with van der Waals surface area (Å²) in [6.07, 6.45) is 0. The van der Waals surface area contributed by atoms with Crippen molar-refractivity contribution in [2.24, 2.45) is 0 Å². The lowest BCUT2D eigenvalue weighted by Crippen LogP contribution is -2.05. The first kappa shape index (κ1) is 10.5. The Morgan fingerprint density at radius 2 is 1.93 bits per heavy atom. The van der Waals surface area contributed by atoms with Crippen LogP contribution >= 0.6 is 0 Å². The molecule has 4 nitrogen and oxygen atoms in total. The van der Waals surface area contributed by atoms with Crippen molar-refractivity contribution < 1.29 is 19.4 Å². The second kappa shape index (κ2) is 5.24. The lowest BCUT2D eigenvalue weighted by atomic mass is 10.2. The predicted molar refractivity (Wildman–Crippen MR) is 48.3 cm³/mol. The Bertz CT molecular complexity index is 291. The maximum Gasteiger partial charge on any atom is 0.380 e. The molecule has 0 spiro atoms. The third kappa shape index (κ3) is 3.45. The van der Waals surface area contributed by atoms with Gasteiger partial charge in [0.25, 0.3) is 0 Å². The molecule has 75 valence electrons. The van der Waals surface area contributed by atoms with Crippen LogP contribution < -0.4 is 4.74 Å². The van der Waals surface area contributed by atoms with Crippen molar-refractivity contribution in [3.05, 3.63) is 29.8 Å². The third-order valence-electron chi connectivity index (χ3n) is 1.65. The predicted octanol–water partition coefficient (Wildman–Crippen LogP) is 1.17. The Labute approximate surface area is 82.1 Å². The molecule has 0 aromatic heterocycles. The number of carbonyl (C=O) groups excluding carboxylic acids is 1. The van der Waals surface area contributed by atoms with Gasteiger partial charge in [0.15, 0.2) is 0 Å². The molecular weight excluding hydrogens is 184 g/mol. The van der Waals surface area contributed by atoms with E-state index in [1.54, 1.807) is 19.2 Å². The molecule has 0 atom stereocenters. The molecule has 0 saturated heterocycles. The van der Waals surface area contributed by atoms with Crippen molar-refractivity contribution in [1.82, 2.24) is 0 Å². The molecule has 1 radical (unpaired) electrons. The zero-order valence-electron chi connectivity index (χ0n) is 7.86. The molecule has 1 rings (SSSR count). The molecule has 0 amide bonds. The van der Waals surface area contributed by atoms with Crippen LogP contribution in [0.4, 0.5) is 0 Å². The molecule has 0 N–H and O–H groups in total. The molecule has 14 heavy (non-hydrogen) atoms. The summed E-state index contributed by atoms with van der Waals surface area (Å²) in [6.45, 7) is -0.121. The van der Waals surface area contributed by atoms with Gasteiger partial charge < -0.3 is 9.47 Å². The zero-order chi connectivity index (χ0) is 10.4.